The van der Waals surface area contributed by atoms with E-state index in [9.17, 15) is 27.9 Å². The average molecular weight is 511 g/mol. The van der Waals surface area contributed by atoms with E-state index >= 15 is 0 Å². The van der Waals surface area contributed by atoms with Gasteiger partial charge in [-0.25, -0.2) is 4.79 Å². The number of aromatic nitrogens is 4. The second-order valence-electron chi connectivity index (χ2n) is 7.43. The van der Waals surface area contributed by atoms with E-state index in [1.165, 1.54) is 23.7 Å². The van der Waals surface area contributed by atoms with E-state index in [4.69, 9.17) is 16.3 Å². The van der Waals surface area contributed by atoms with Gasteiger partial charge in [0, 0.05) is 18.1 Å². The first-order valence-electron chi connectivity index (χ1n) is 10.2. The Balaban J connectivity index is 1.88. The largest absolute Gasteiger partial charge is 0.573 e. The van der Waals surface area contributed by atoms with Crippen LogP contribution in [0.5, 0.6) is 17.5 Å². The number of aliphatic hydroxyl groups excluding tert-OH is 1. The fourth-order valence-electron chi connectivity index (χ4n) is 3.49. The number of alkyl halides is 3. The summed E-state index contributed by atoms with van der Waals surface area (Å²) in [6.45, 7) is -0.615. The topological polar surface area (TPSA) is 101 Å². The molecular weight excluding hydrogens is 493 g/mol. The number of halogens is 4. The molecule has 9 nitrogen and oxygen atoms in total. The number of aliphatic hydroxyl groups is 1. The van der Waals surface area contributed by atoms with Crippen LogP contribution in [-0.2, 0) is 20.1 Å². The molecule has 4 aromatic rings. The number of fused-ring (bicyclic) bond motifs is 1. The van der Waals surface area contributed by atoms with Gasteiger partial charge in [0.15, 0.2) is 11.2 Å². The summed E-state index contributed by atoms with van der Waals surface area (Å²) in [5, 5.41) is 9.80. The molecule has 0 aliphatic carbocycles. The Morgan fingerprint density at radius 3 is 2.40 bits per heavy atom. The summed E-state index contributed by atoms with van der Waals surface area (Å²) in [5.41, 5.74) is -0.689. The van der Waals surface area contributed by atoms with E-state index in [2.05, 4.69) is 9.72 Å². The zero-order chi connectivity index (χ0) is 25.3. The Labute approximate surface area is 200 Å². The highest BCUT2D eigenvalue weighted by Gasteiger charge is 2.31. The Hall–Kier alpha value is -3.77. The smallest absolute Gasteiger partial charge is 0.425 e. The number of aryl methyl sites for hydroxylation is 1. The highest BCUT2D eigenvalue weighted by Crippen LogP contribution is 2.30. The Bertz CT molecular complexity index is 1490. The zero-order valence-corrected chi connectivity index (χ0v) is 18.9. The second kappa shape index (κ2) is 9.47. The van der Waals surface area contributed by atoms with E-state index in [0.717, 1.165) is 21.3 Å². The molecule has 0 aliphatic rings. The quantitative estimate of drug-likeness (QED) is 0.409. The van der Waals surface area contributed by atoms with Crippen molar-refractivity contribution in [1.82, 2.24) is 18.7 Å². The molecule has 13 heteroatoms. The molecule has 35 heavy (non-hydrogen) atoms. The molecule has 0 amide bonds. The number of rotatable bonds is 7. The van der Waals surface area contributed by atoms with Crippen LogP contribution in [0.1, 0.15) is 5.56 Å². The van der Waals surface area contributed by atoms with Gasteiger partial charge in [0.1, 0.15) is 11.5 Å². The molecule has 0 radical (unpaired) electrons. The van der Waals surface area contributed by atoms with Gasteiger partial charge in [0.2, 0.25) is 0 Å². The normalized spacial score (nSPS) is 11.7. The summed E-state index contributed by atoms with van der Waals surface area (Å²) in [6, 6.07) is 11.4. The summed E-state index contributed by atoms with van der Waals surface area (Å²) in [7, 11) is 1.40. The van der Waals surface area contributed by atoms with E-state index in [1.54, 1.807) is 24.3 Å². The standard InChI is InChI=1S/C22H18ClF3N4O5/c1-28-18-17(19(32)29(9-10-31)21(28)33)30(12-13-5-7-14(23)8-6-13)20(27-18)34-15-3-2-4-16(11-15)35-22(24,25)26/h2-8,11,31H,9-10,12H2,1H3. The molecule has 0 bridgehead atoms. The minimum atomic E-state index is -4.89. The number of nitrogens with zero attached hydrogens (tertiary/aromatic N) is 4. The van der Waals surface area contributed by atoms with Crippen molar-refractivity contribution < 1.29 is 27.8 Å². The minimum Gasteiger partial charge on any atom is -0.425 e. The van der Waals surface area contributed by atoms with Crippen molar-refractivity contribution in [1.29, 1.82) is 0 Å². The van der Waals surface area contributed by atoms with E-state index in [1.807, 2.05) is 0 Å². The van der Waals surface area contributed by atoms with Crippen LogP contribution >= 0.6 is 11.6 Å². The lowest BCUT2D eigenvalue weighted by atomic mass is 10.2. The Morgan fingerprint density at radius 1 is 1.06 bits per heavy atom. The van der Waals surface area contributed by atoms with Crippen LogP contribution in [0, 0.1) is 0 Å². The third kappa shape index (κ3) is 5.17. The highest BCUT2D eigenvalue weighted by molar-refractivity contribution is 6.30. The van der Waals surface area contributed by atoms with E-state index < -0.39 is 30.0 Å². The minimum absolute atomic E-state index is 0.000787. The van der Waals surface area contributed by atoms with Gasteiger partial charge in [0.05, 0.1) is 19.7 Å². The molecular formula is C22H18ClF3N4O5. The predicted octanol–water partition coefficient (Wildman–Crippen LogP) is 3.28. The second-order valence-corrected chi connectivity index (χ2v) is 7.86. The molecule has 0 saturated carbocycles. The van der Waals surface area contributed by atoms with Crippen LogP contribution in [0.4, 0.5) is 13.2 Å². The molecule has 2 heterocycles. The predicted molar refractivity (Wildman–Crippen MR) is 120 cm³/mol. The van der Waals surface area contributed by atoms with Crippen molar-refractivity contribution in [3.05, 3.63) is 80.0 Å². The first kappa shape index (κ1) is 24.4. The van der Waals surface area contributed by atoms with Crippen molar-refractivity contribution in [3.63, 3.8) is 0 Å². The Kier molecular flexibility index (Phi) is 6.59. The maximum absolute atomic E-state index is 13.2. The van der Waals surface area contributed by atoms with Crippen LogP contribution in [0.25, 0.3) is 11.2 Å². The van der Waals surface area contributed by atoms with Gasteiger partial charge in [-0.15, -0.1) is 13.2 Å². The molecule has 0 saturated heterocycles. The highest BCUT2D eigenvalue weighted by atomic mass is 35.5. The summed E-state index contributed by atoms with van der Waals surface area (Å²) in [6.07, 6.45) is -4.89. The molecule has 2 aromatic carbocycles. The number of ether oxygens (including phenoxy) is 2. The van der Waals surface area contributed by atoms with Crippen molar-refractivity contribution in [2.75, 3.05) is 6.61 Å². The van der Waals surface area contributed by atoms with E-state index in [0.29, 0.717) is 10.6 Å². The zero-order valence-electron chi connectivity index (χ0n) is 18.1. The van der Waals surface area contributed by atoms with Gasteiger partial charge in [0.25, 0.3) is 5.56 Å². The third-order valence-corrected chi connectivity index (χ3v) is 5.28. The van der Waals surface area contributed by atoms with Crippen molar-refractivity contribution in [3.8, 4) is 17.5 Å². The number of imidazole rings is 1. The maximum atomic E-state index is 13.2. The van der Waals surface area contributed by atoms with Gasteiger partial charge in [-0.3, -0.25) is 18.5 Å². The van der Waals surface area contributed by atoms with Gasteiger partial charge >= 0.3 is 18.1 Å². The lowest BCUT2D eigenvalue weighted by Crippen LogP contribution is -2.40. The summed E-state index contributed by atoms with van der Waals surface area (Å²) < 4.78 is 51.0. The molecule has 0 spiro atoms. The molecule has 4 rings (SSSR count). The van der Waals surface area contributed by atoms with Crippen molar-refractivity contribution in [2.45, 2.75) is 19.5 Å². The third-order valence-electron chi connectivity index (χ3n) is 5.02. The number of hydrogen-bond acceptors (Lipinski definition) is 6. The molecule has 1 N–H and O–H groups in total. The van der Waals surface area contributed by atoms with Gasteiger partial charge in [-0.05, 0) is 29.8 Å². The maximum Gasteiger partial charge on any atom is 0.573 e. The van der Waals surface area contributed by atoms with Crippen LogP contribution in [0.2, 0.25) is 5.02 Å². The molecule has 0 atom stereocenters. The SMILES string of the molecule is Cn1c(=O)n(CCO)c(=O)c2c1nc(Oc1cccc(OC(F)(F)F)c1)n2Cc1ccc(Cl)cc1. The van der Waals surface area contributed by atoms with Crippen LogP contribution in [0.15, 0.2) is 58.1 Å². The molecule has 0 fully saturated rings. The first-order chi connectivity index (χ1) is 16.6. The number of hydrogen-bond donors (Lipinski definition) is 1. The van der Waals surface area contributed by atoms with Crippen molar-refractivity contribution >= 4 is 22.8 Å². The Morgan fingerprint density at radius 2 is 1.74 bits per heavy atom. The molecule has 2 aromatic heterocycles. The fraction of sp³-hybridized carbons (Fsp3) is 0.227. The summed E-state index contributed by atoms with van der Waals surface area (Å²) in [5.74, 6) is -0.548. The fourth-order valence-corrected chi connectivity index (χ4v) is 3.61. The van der Waals surface area contributed by atoms with Crippen LogP contribution in [-0.4, -0.2) is 36.8 Å². The lowest BCUT2D eigenvalue weighted by Gasteiger charge is -2.12. The monoisotopic (exact) mass is 510 g/mol. The van der Waals surface area contributed by atoms with E-state index in [-0.39, 0.29) is 36.0 Å². The first-order valence-corrected chi connectivity index (χ1v) is 10.5. The molecule has 0 unspecified atom stereocenters. The lowest BCUT2D eigenvalue weighted by molar-refractivity contribution is -0.274. The van der Waals surface area contributed by atoms with Gasteiger partial charge < -0.3 is 14.6 Å². The van der Waals surface area contributed by atoms with Crippen molar-refractivity contribution in [2.24, 2.45) is 7.05 Å². The average Bonchev–Trinajstić information content (AvgIpc) is 3.14. The van der Waals surface area contributed by atoms with Crippen LogP contribution < -0.4 is 20.7 Å². The summed E-state index contributed by atoms with van der Waals surface area (Å²) in [4.78, 5) is 30.1. The van der Waals surface area contributed by atoms with Gasteiger partial charge in [-0.2, -0.15) is 4.98 Å². The van der Waals surface area contributed by atoms with Crippen LogP contribution in [0.3, 0.4) is 0 Å². The summed E-state index contributed by atoms with van der Waals surface area (Å²) >= 11 is 5.96. The molecule has 0 aliphatic heterocycles. The number of benzene rings is 2. The molecule has 184 valence electrons. The van der Waals surface area contributed by atoms with Gasteiger partial charge in [-0.1, -0.05) is 29.8 Å².